The number of carbonyl (C=O) groups excluding carboxylic acids is 5. The largest absolute Gasteiger partial charge is 0.493 e. The molecule has 4 saturated heterocycles. The van der Waals surface area contributed by atoms with E-state index in [1.54, 1.807) is 35.2 Å². The molecule has 21 rings (SSSR count). The molecule has 16 aromatic rings. The van der Waals surface area contributed by atoms with Gasteiger partial charge in [0, 0.05) is 174 Å². The zero-order valence-corrected chi connectivity index (χ0v) is 85.5. The Morgan fingerprint density at radius 1 is 0.408 bits per heavy atom. The Kier molecular flexibility index (Phi) is 31.2. The number of H-pyrrole nitrogens is 4. The molecule has 0 radical (unpaired) electrons. The predicted molar refractivity (Wildman–Crippen MR) is 578 cm³/mol. The quantitative estimate of drug-likeness (QED) is 0.0279. The number of hydrogen-bond acceptors (Lipinski definition) is 19. The van der Waals surface area contributed by atoms with E-state index in [1.165, 1.54) is 16.7 Å². The average molecular weight is 1980 g/mol. The first kappa shape index (κ1) is 99.0. The second-order valence-electron chi connectivity index (χ2n) is 40.3. The molecule has 5 aliphatic heterocycles. The molecule has 758 valence electrons. The van der Waals surface area contributed by atoms with Crippen molar-refractivity contribution in [2.24, 2.45) is 0 Å². The highest BCUT2D eigenvalue weighted by Crippen LogP contribution is 2.40. The van der Waals surface area contributed by atoms with E-state index in [0.717, 1.165) is 176 Å². The Morgan fingerprint density at radius 3 is 1.16 bits per heavy atom. The smallest absolute Gasteiger partial charge is 0.410 e. The first-order valence-electron chi connectivity index (χ1n) is 52.2. The van der Waals surface area contributed by atoms with Crippen molar-refractivity contribution in [3.63, 3.8) is 0 Å². The van der Waals surface area contributed by atoms with Crippen molar-refractivity contribution < 1.29 is 50.4 Å². The van der Waals surface area contributed by atoms with Crippen LogP contribution in [0.1, 0.15) is 198 Å². The number of aromatic nitrogens is 10. The minimum absolute atomic E-state index is 0.0425. The molecule has 6 aromatic heterocycles. The highest BCUT2D eigenvalue weighted by atomic mass is 16.6. The Balaban J connectivity index is 0.000000130. The van der Waals surface area contributed by atoms with Crippen molar-refractivity contribution in [1.29, 1.82) is 0 Å². The number of ether oxygens (including phenoxy) is 5. The molecular weight excluding hydrogens is 1840 g/mol. The van der Waals surface area contributed by atoms with Gasteiger partial charge in [0.15, 0.2) is 0 Å². The van der Waals surface area contributed by atoms with Gasteiger partial charge in [0.1, 0.15) is 28.5 Å². The summed E-state index contributed by atoms with van der Waals surface area (Å²) >= 11 is 0. The summed E-state index contributed by atoms with van der Waals surface area (Å²) in [5, 5.41) is 47.0. The third kappa shape index (κ3) is 24.9. The van der Waals surface area contributed by atoms with Crippen LogP contribution in [0, 0.1) is 0 Å². The average Bonchev–Trinajstić information content (AvgIpc) is 1.64. The number of benzene rings is 10. The minimum atomic E-state index is -1.45. The molecule has 0 unspecified atom stereocenters. The lowest BCUT2D eigenvalue weighted by molar-refractivity contribution is 0.0169. The molecule has 28 nitrogen and oxygen atoms in total. The summed E-state index contributed by atoms with van der Waals surface area (Å²) in [7, 11) is 2.11. The third-order valence-electron chi connectivity index (χ3n) is 27.8. The van der Waals surface area contributed by atoms with Crippen LogP contribution in [0.5, 0.6) is 23.3 Å². The zero-order valence-electron chi connectivity index (χ0n) is 87.5. The fourth-order valence-corrected chi connectivity index (χ4v) is 20.5. The van der Waals surface area contributed by atoms with Gasteiger partial charge in [-0.1, -0.05) is 135 Å². The van der Waals surface area contributed by atoms with Gasteiger partial charge in [-0.15, -0.1) is 0 Å². The molecule has 0 saturated carbocycles. The van der Waals surface area contributed by atoms with Crippen LogP contribution in [-0.2, 0) is 11.2 Å². The first-order chi connectivity index (χ1) is 71.9. The summed E-state index contributed by atoms with van der Waals surface area (Å²) < 4.78 is 44.8. The van der Waals surface area contributed by atoms with Crippen LogP contribution in [0.3, 0.4) is 0 Å². The van der Waals surface area contributed by atoms with Gasteiger partial charge in [-0.25, -0.2) is 14.8 Å². The van der Waals surface area contributed by atoms with Crippen molar-refractivity contribution in [3.05, 3.63) is 323 Å². The molecule has 10 aromatic carbocycles. The van der Waals surface area contributed by atoms with E-state index in [2.05, 4.69) is 175 Å². The van der Waals surface area contributed by atoms with E-state index >= 15 is 0 Å². The summed E-state index contributed by atoms with van der Waals surface area (Å²) in [6.07, 6.45) is 7.78. The van der Waals surface area contributed by atoms with Crippen molar-refractivity contribution in [3.8, 4) is 68.3 Å². The number of rotatable bonds is 24. The van der Waals surface area contributed by atoms with Gasteiger partial charge in [0.25, 0.3) is 23.6 Å². The van der Waals surface area contributed by atoms with Crippen molar-refractivity contribution in [1.82, 2.24) is 91.6 Å². The summed E-state index contributed by atoms with van der Waals surface area (Å²) in [5.74, 6) is 3.15. The van der Waals surface area contributed by atoms with E-state index in [1.807, 2.05) is 238 Å². The molecule has 5 aliphatic rings. The number of amides is 5. The molecule has 0 aliphatic carbocycles. The Morgan fingerprint density at radius 2 is 0.769 bits per heavy atom. The van der Waals surface area contributed by atoms with Crippen LogP contribution in [0.2, 0.25) is 0 Å². The number of hydrogen-bond donors (Lipinski definition) is 8. The Labute approximate surface area is 861 Å². The maximum Gasteiger partial charge on any atom is 0.410 e. The van der Waals surface area contributed by atoms with E-state index < -0.39 is 12.1 Å². The van der Waals surface area contributed by atoms with Crippen LogP contribution >= 0.6 is 0 Å². The van der Waals surface area contributed by atoms with Crippen molar-refractivity contribution >= 4 is 73.3 Å². The number of aromatic amines is 4. The lowest BCUT2D eigenvalue weighted by Crippen LogP contribution is -2.54. The van der Waals surface area contributed by atoms with Gasteiger partial charge in [0.2, 0.25) is 11.8 Å². The van der Waals surface area contributed by atoms with Crippen LogP contribution in [-0.4, -0.2) is 227 Å². The van der Waals surface area contributed by atoms with Gasteiger partial charge in [0.05, 0.1) is 64.4 Å². The predicted octanol–water partition coefficient (Wildman–Crippen LogP) is 21.0. The highest BCUT2D eigenvalue weighted by Gasteiger charge is 2.39. The summed E-state index contributed by atoms with van der Waals surface area (Å²) in [6, 6.07) is 84.9. The lowest BCUT2D eigenvalue weighted by atomic mass is 9.85. The fraction of sp³-hybridized carbons (Fsp3) is 0.336. The topological polar surface area (TPSA) is 333 Å². The number of likely N-dealkylation sites (tertiary alicyclic amines) is 4. The van der Waals surface area contributed by atoms with Gasteiger partial charge in [-0.05, 0) is 283 Å². The Hall–Kier alpha value is -15.4. The first-order valence-corrected chi connectivity index (χ1v) is 51.2. The van der Waals surface area contributed by atoms with Crippen LogP contribution < -0.4 is 40.2 Å². The highest BCUT2D eigenvalue weighted by molar-refractivity contribution is 6.05. The minimum Gasteiger partial charge on any atom is -0.493 e. The number of fused-ring (bicyclic) bond motifs is 5. The normalized spacial score (nSPS) is 18.9. The number of likely N-dealkylation sites (N-methyl/N-ethyl adjacent to an activating group) is 3. The van der Waals surface area contributed by atoms with E-state index in [9.17, 15) is 24.0 Å². The zero-order chi connectivity index (χ0) is 104. The maximum atomic E-state index is 13.7. The van der Waals surface area contributed by atoms with E-state index in [4.69, 9.17) is 26.4 Å². The Bertz CT molecular complexity index is 7300. The van der Waals surface area contributed by atoms with Crippen LogP contribution in [0.15, 0.2) is 273 Å². The molecule has 147 heavy (non-hydrogen) atoms. The van der Waals surface area contributed by atoms with Crippen molar-refractivity contribution in [2.45, 2.75) is 180 Å². The molecule has 0 bridgehead atoms. The molecular formula is C119H132N18O10. The van der Waals surface area contributed by atoms with E-state index in [-0.39, 0.29) is 84.0 Å². The molecule has 4 fully saturated rings. The van der Waals surface area contributed by atoms with E-state index in [0.29, 0.717) is 78.6 Å². The SMILES string of the molecule is CC(C)(C)OC(=O)N1CC[C@@H](c2ccccc2)[C@H](NC(=O)c2ccc3[nH]nc(-c4ccc5c(c4)CCO5)c3c2)C1.CC(C)Oc1ccc(-c2n[nH]c3ccc(C(=O)N[C@@H]4CN(C)CC[C@H]4c4ccccc4)cc23)cn1.CCN1CC[C@@H](c2ccccc2)[C@H](NC(=O)c2ccc3[nH]nc(-c4ccc(OC(C)C)nc4)c3c2)C1.[2H]C([2H])(C)N1CC[C@@H](c2ccccc2)[C@H](NC(=O)c2ccc3[nH]nc(-c4ccc(OC(C)C)cc4)c3c2)C1. The molecule has 11 heterocycles. The summed E-state index contributed by atoms with van der Waals surface area (Å²) in [4.78, 5) is 83.9. The standard InChI is InChI=1S/C32H34N4O4.C30H34N4O2.C29H33N5O2.C28H31N5O2/c1-32(2,3)40-31(38)36-15-13-24(20-7-5-4-6-8-20)27(19-36)33-30(37)23-9-11-26-25(18-23)29(35-34-26)22-10-12-28-21(17-22)14-16-39-28;1-4-34-17-16-25(21-8-6-5-7-9-21)28(19-34)31-30(35)23-12-15-27-26(18-23)29(33-32-27)22-10-13-24(14-11-22)36-20(2)3;1-4-34-15-14-23(20-8-6-5-7-9-20)26(18-34)31-29(35)21-10-12-25-24(16-21)28(33-32-25)22-11-13-27(30-17-22)36-19(2)3;1-18(2)35-26-12-10-21(16-29-26)27-23-15-20(9-11-24(23)31-32-27)28(34)30-25-17-33(3)14-13-22(25)19-7-5-4-6-8-19/h4-12,17-18,24,27H,13-16,19H2,1-3H3,(H,33,37)(H,34,35);5-15,18,20,25,28H,4,16-17,19H2,1-3H3,(H,31,35)(H,32,33);5-13,16-17,19,23,26H,4,14-15,18H2,1-3H3,(H,31,35)(H,32,33);4-12,15-16,18,22,25H,13-14,17H2,1-3H3,(H,30,34)(H,31,32)/t24-,27+;25-,28+;23-,26+;22-,25+/m0000/s1/i;4D2;;. The van der Waals surface area contributed by atoms with Crippen LogP contribution in [0.4, 0.5) is 4.79 Å². The van der Waals surface area contributed by atoms with Gasteiger partial charge in [-0.3, -0.25) is 39.6 Å². The number of pyridine rings is 2. The fourth-order valence-electron chi connectivity index (χ4n) is 20.5. The molecule has 5 amide bonds. The summed E-state index contributed by atoms with van der Waals surface area (Å²) in [6.45, 7) is 27.2. The molecule has 8 N–H and O–H groups in total. The number of nitrogens with one attached hydrogen (secondary N) is 8. The maximum absolute atomic E-state index is 13.7. The van der Waals surface area contributed by atoms with Gasteiger partial charge in [-0.2, -0.15) is 20.4 Å². The second-order valence-corrected chi connectivity index (χ2v) is 40.3. The summed E-state index contributed by atoms with van der Waals surface area (Å²) in [5.41, 5.74) is 18.0. The number of piperidine rings is 4. The molecule has 28 heteroatoms. The second kappa shape index (κ2) is 46.3. The lowest BCUT2D eigenvalue weighted by Gasteiger charge is -2.39. The number of nitrogens with zero attached hydrogens (tertiary/aromatic N) is 10. The van der Waals surface area contributed by atoms with Crippen molar-refractivity contribution in [2.75, 3.05) is 79.1 Å². The molecule has 8 atom stereocenters. The van der Waals surface area contributed by atoms with Gasteiger partial charge >= 0.3 is 6.09 Å². The van der Waals surface area contributed by atoms with Gasteiger partial charge < -0.3 is 64.6 Å². The third-order valence-corrected chi connectivity index (χ3v) is 27.8. The monoisotopic (exact) mass is 1980 g/mol. The number of carbonyl (C=O) groups is 5. The molecule has 0 spiro atoms. The van der Waals surface area contributed by atoms with Crippen LogP contribution in [0.25, 0.3) is 88.6 Å².